The number of halogens is 1. The van der Waals surface area contributed by atoms with Crippen LogP contribution in [0.15, 0.2) is 44.6 Å². The zero-order valence-electron chi connectivity index (χ0n) is 9.20. The summed E-state index contributed by atoms with van der Waals surface area (Å²) in [6.07, 6.45) is 2.31. The van der Waals surface area contributed by atoms with E-state index in [4.69, 9.17) is 5.11 Å². The monoisotopic (exact) mass is 346 g/mol. The molecule has 1 heterocycles. The van der Waals surface area contributed by atoms with Crippen molar-refractivity contribution in [2.75, 3.05) is 4.72 Å². The molecule has 7 nitrogen and oxygen atoms in total. The first-order chi connectivity index (χ1) is 8.88. The average Bonchev–Trinajstić information content (AvgIpc) is 2.80. The molecule has 1 aromatic carbocycles. The maximum Gasteiger partial charge on any atom is 0.335 e. The number of carbonyl (C=O) groups is 1. The Hall–Kier alpha value is -1.87. The molecule has 0 aliphatic rings. The maximum atomic E-state index is 12.0. The number of sulfonamides is 1. The van der Waals surface area contributed by atoms with Gasteiger partial charge in [-0.1, -0.05) is 21.1 Å². The van der Waals surface area contributed by atoms with Crippen LogP contribution in [-0.2, 0) is 10.0 Å². The van der Waals surface area contributed by atoms with Crippen molar-refractivity contribution in [3.8, 4) is 0 Å². The minimum atomic E-state index is -3.91. The number of hydrogen-bond acceptors (Lipinski definition) is 5. The fourth-order valence-corrected chi connectivity index (χ4v) is 3.05. The second kappa shape index (κ2) is 5.02. The number of aromatic nitrogens is 1. The molecule has 9 heteroatoms. The normalized spacial score (nSPS) is 11.2. The highest BCUT2D eigenvalue weighted by Gasteiger charge is 2.18. The summed E-state index contributed by atoms with van der Waals surface area (Å²) in [5.41, 5.74) is 0.0110. The molecule has 0 amide bonds. The van der Waals surface area contributed by atoms with Gasteiger partial charge in [-0.25, -0.2) is 13.2 Å². The van der Waals surface area contributed by atoms with Crippen molar-refractivity contribution in [2.24, 2.45) is 0 Å². The van der Waals surface area contributed by atoms with E-state index >= 15 is 0 Å². The lowest BCUT2D eigenvalue weighted by molar-refractivity contribution is 0.0696. The van der Waals surface area contributed by atoms with Gasteiger partial charge in [-0.2, -0.15) is 0 Å². The molecule has 0 aliphatic heterocycles. The highest BCUT2D eigenvalue weighted by Crippen LogP contribution is 2.22. The number of aromatic carboxylic acids is 1. The smallest absolute Gasteiger partial charge is 0.335 e. The van der Waals surface area contributed by atoms with E-state index < -0.39 is 16.0 Å². The molecule has 100 valence electrons. The molecule has 1 aromatic heterocycles. The van der Waals surface area contributed by atoms with Gasteiger partial charge in [-0.3, -0.25) is 4.72 Å². The third-order valence-electron chi connectivity index (χ3n) is 2.11. The van der Waals surface area contributed by atoms with Gasteiger partial charge in [0.1, 0.15) is 12.0 Å². The second-order valence-corrected chi connectivity index (χ2v) is 6.10. The Bertz CT molecular complexity index is 712. The van der Waals surface area contributed by atoms with Gasteiger partial charge in [0.05, 0.1) is 16.7 Å². The molecule has 0 saturated heterocycles. The van der Waals surface area contributed by atoms with Crippen molar-refractivity contribution in [1.29, 1.82) is 0 Å². The summed E-state index contributed by atoms with van der Waals surface area (Å²) in [7, 11) is -3.91. The van der Waals surface area contributed by atoms with Crippen molar-refractivity contribution in [3.05, 3.63) is 40.7 Å². The SMILES string of the molecule is O=C(O)c1cc(Br)cc(S(=O)(=O)Nc2cnoc2)c1. The lowest BCUT2D eigenvalue weighted by atomic mass is 10.2. The van der Waals surface area contributed by atoms with Gasteiger partial charge in [0.15, 0.2) is 0 Å². The number of hydrogen-bond donors (Lipinski definition) is 2. The zero-order valence-corrected chi connectivity index (χ0v) is 11.6. The quantitative estimate of drug-likeness (QED) is 0.875. The number of benzene rings is 1. The third kappa shape index (κ3) is 3.12. The van der Waals surface area contributed by atoms with Crippen LogP contribution in [0.1, 0.15) is 10.4 Å². The summed E-state index contributed by atoms with van der Waals surface area (Å²) < 4.78 is 31.1. The highest BCUT2D eigenvalue weighted by atomic mass is 79.9. The van der Waals surface area contributed by atoms with Crippen molar-refractivity contribution in [1.82, 2.24) is 5.16 Å². The fourth-order valence-electron chi connectivity index (χ4n) is 1.31. The lowest BCUT2D eigenvalue weighted by Crippen LogP contribution is -2.13. The van der Waals surface area contributed by atoms with E-state index in [0.29, 0.717) is 4.47 Å². The van der Waals surface area contributed by atoms with Crippen molar-refractivity contribution >= 4 is 37.6 Å². The number of anilines is 1. The first kappa shape index (κ1) is 13.6. The Balaban J connectivity index is 2.43. The molecular weight excluding hydrogens is 340 g/mol. The predicted octanol–water partition coefficient (Wildman–Crippen LogP) is 1.94. The van der Waals surface area contributed by atoms with Gasteiger partial charge in [-0.15, -0.1) is 0 Å². The molecule has 0 radical (unpaired) electrons. The summed E-state index contributed by atoms with van der Waals surface area (Å²) in [4.78, 5) is 10.7. The topological polar surface area (TPSA) is 110 Å². The van der Waals surface area contributed by atoms with E-state index in [0.717, 1.165) is 12.3 Å². The number of rotatable bonds is 4. The van der Waals surface area contributed by atoms with Gasteiger partial charge in [0.25, 0.3) is 10.0 Å². The Labute approximate surface area is 116 Å². The predicted molar refractivity (Wildman–Crippen MR) is 68.4 cm³/mol. The van der Waals surface area contributed by atoms with Gasteiger partial charge >= 0.3 is 5.97 Å². The standard InChI is InChI=1S/C10H7BrN2O5S/c11-7-1-6(10(14)15)2-9(3-7)19(16,17)13-8-4-12-18-5-8/h1-5,13H,(H,14,15). The van der Waals surface area contributed by atoms with Gasteiger partial charge in [0.2, 0.25) is 0 Å². The summed E-state index contributed by atoms with van der Waals surface area (Å²) in [5.74, 6) is -1.22. The van der Waals surface area contributed by atoms with Crippen LogP contribution in [0.2, 0.25) is 0 Å². The van der Waals surface area contributed by atoms with E-state index in [2.05, 4.69) is 30.3 Å². The highest BCUT2D eigenvalue weighted by molar-refractivity contribution is 9.10. The number of nitrogens with one attached hydrogen (secondary N) is 1. The van der Waals surface area contributed by atoms with Crippen LogP contribution in [0.25, 0.3) is 0 Å². The van der Waals surface area contributed by atoms with Crippen LogP contribution in [0.4, 0.5) is 5.69 Å². The first-order valence-corrected chi connectivity index (χ1v) is 7.12. The van der Waals surface area contributed by atoms with E-state index in [1.165, 1.54) is 18.3 Å². The lowest BCUT2D eigenvalue weighted by Gasteiger charge is -2.07. The van der Waals surface area contributed by atoms with E-state index in [1.807, 2.05) is 0 Å². The van der Waals surface area contributed by atoms with E-state index in [9.17, 15) is 13.2 Å². The average molecular weight is 347 g/mol. The van der Waals surface area contributed by atoms with Crippen LogP contribution in [-0.4, -0.2) is 24.7 Å². The van der Waals surface area contributed by atoms with Gasteiger partial charge in [0, 0.05) is 4.47 Å². The Morgan fingerprint density at radius 2 is 2.11 bits per heavy atom. The summed E-state index contributed by atoms with van der Waals surface area (Å²) in [5, 5.41) is 12.3. The van der Waals surface area contributed by atoms with Crippen LogP contribution in [0.3, 0.4) is 0 Å². The number of carboxylic acids is 1. The van der Waals surface area contributed by atoms with Crippen molar-refractivity contribution < 1.29 is 22.8 Å². The van der Waals surface area contributed by atoms with Crippen LogP contribution in [0.5, 0.6) is 0 Å². The molecule has 0 spiro atoms. The second-order valence-electron chi connectivity index (χ2n) is 3.50. The maximum absolute atomic E-state index is 12.0. The van der Waals surface area contributed by atoms with E-state index in [1.54, 1.807) is 0 Å². The van der Waals surface area contributed by atoms with Crippen molar-refractivity contribution in [2.45, 2.75) is 4.90 Å². The van der Waals surface area contributed by atoms with Crippen LogP contribution in [0, 0.1) is 0 Å². The fraction of sp³-hybridized carbons (Fsp3) is 0. The molecule has 2 aromatic rings. The molecule has 0 fully saturated rings. The molecule has 2 N–H and O–H groups in total. The summed E-state index contributed by atoms with van der Waals surface area (Å²) in [6.45, 7) is 0. The number of nitrogens with zero attached hydrogens (tertiary/aromatic N) is 1. The molecule has 2 rings (SSSR count). The molecule has 0 aliphatic carbocycles. The molecule has 0 unspecified atom stereocenters. The molecular formula is C10H7BrN2O5S. The Kier molecular flexibility index (Phi) is 3.58. The summed E-state index contributed by atoms with van der Waals surface area (Å²) in [6, 6.07) is 3.66. The van der Waals surface area contributed by atoms with Gasteiger partial charge < -0.3 is 9.63 Å². The Morgan fingerprint density at radius 3 is 2.68 bits per heavy atom. The minimum Gasteiger partial charge on any atom is -0.478 e. The first-order valence-electron chi connectivity index (χ1n) is 4.84. The van der Waals surface area contributed by atoms with E-state index in [-0.39, 0.29) is 16.1 Å². The molecule has 0 bridgehead atoms. The van der Waals surface area contributed by atoms with Crippen LogP contribution >= 0.6 is 15.9 Å². The zero-order chi connectivity index (χ0) is 14.0. The molecule has 0 saturated carbocycles. The Morgan fingerprint density at radius 1 is 1.37 bits per heavy atom. The number of carboxylic acid groups (broad SMARTS) is 1. The minimum absolute atomic E-state index is 0.139. The van der Waals surface area contributed by atoms with Crippen molar-refractivity contribution in [3.63, 3.8) is 0 Å². The van der Waals surface area contributed by atoms with Gasteiger partial charge in [-0.05, 0) is 18.2 Å². The summed E-state index contributed by atoms with van der Waals surface area (Å²) >= 11 is 3.07. The molecule has 0 atom stereocenters. The molecule has 19 heavy (non-hydrogen) atoms. The van der Waals surface area contributed by atoms with Crippen LogP contribution < -0.4 is 4.72 Å². The largest absolute Gasteiger partial charge is 0.478 e. The third-order valence-corrected chi connectivity index (χ3v) is 3.93.